The quantitative estimate of drug-likeness (QED) is 0.272. The third-order valence-corrected chi connectivity index (χ3v) is 6.47. The van der Waals surface area contributed by atoms with Crippen molar-refractivity contribution in [2.45, 2.75) is 26.7 Å². The number of fused-ring (bicyclic) bond motifs is 1. The molecule has 5 rings (SSSR count). The number of benzene rings is 3. The summed E-state index contributed by atoms with van der Waals surface area (Å²) in [6.07, 6.45) is 1.75. The highest BCUT2D eigenvalue weighted by Crippen LogP contribution is 2.29. The monoisotopic (exact) mass is 498 g/mol. The Morgan fingerprint density at radius 2 is 1.78 bits per heavy atom. The minimum atomic E-state index is -0.602. The Morgan fingerprint density at radius 1 is 1.03 bits per heavy atom. The summed E-state index contributed by atoms with van der Waals surface area (Å²) in [7, 11) is 0. The highest BCUT2D eigenvalue weighted by molar-refractivity contribution is 6.30. The van der Waals surface area contributed by atoms with Gasteiger partial charge in [0, 0.05) is 16.0 Å². The molecule has 1 N–H and O–H groups in total. The molecular weight excluding hydrogens is 475 g/mol. The number of nitrogens with zero attached hydrogens (tertiary/aromatic N) is 3. The summed E-state index contributed by atoms with van der Waals surface area (Å²) in [5, 5.41) is 8.18. The molecule has 5 nitrogen and oxygen atoms in total. The van der Waals surface area contributed by atoms with Gasteiger partial charge < -0.3 is 5.32 Å². The highest BCUT2D eigenvalue weighted by atomic mass is 35.5. The van der Waals surface area contributed by atoms with Crippen LogP contribution in [0.5, 0.6) is 0 Å². The van der Waals surface area contributed by atoms with Gasteiger partial charge in [-0.1, -0.05) is 55.8 Å². The molecule has 3 aromatic carbocycles. The van der Waals surface area contributed by atoms with E-state index < -0.39 is 11.7 Å². The lowest BCUT2D eigenvalue weighted by molar-refractivity contribution is 0.102. The molecule has 0 unspecified atom stereocenters. The van der Waals surface area contributed by atoms with Crippen LogP contribution in [0, 0.1) is 12.7 Å². The summed E-state index contributed by atoms with van der Waals surface area (Å²) in [5.74, 6) is -0.596. The van der Waals surface area contributed by atoms with E-state index in [4.69, 9.17) is 16.6 Å². The second-order valence-corrected chi connectivity index (χ2v) is 9.39. The molecule has 0 spiro atoms. The molecule has 0 atom stereocenters. The van der Waals surface area contributed by atoms with Gasteiger partial charge in [0.15, 0.2) is 0 Å². The number of halogens is 2. The molecule has 0 bridgehead atoms. The first kappa shape index (κ1) is 23.7. The summed E-state index contributed by atoms with van der Waals surface area (Å²) in [6, 6.07) is 21.6. The van der Waals surface area contributed by atoms with Crippen molar-refractivity contribution in [3.63, 3.8) is 0 Å². The third kappa shape index (κ3) is 4.48. The van der Waals surface area contributed by atoms with Crippen LogP contribution in [0.4, 0.5) is 10.1 Å². The molecule has 0 aliphatic rings. The van der Waals surface area contributed by atoms with E-state index in [9.17, 15) is 9.18 Å². The molecule has 0 fully saturated rings. The Kier molecular flexibility index (Phi) is 6.29. The maximum atomic E-state index is 14.3. The van der Waals surface area contributed by atoms with Crippen molar-refractivity contribution in [2.75, 3.05) is 5.32 Å². The number of carbonyl (C=O) groups excluding carboxylic acids is 1. The summed E-state index contributed by atoms with van der Waals surface area (Å²) < 4.78 is 16.2. The molecule has 0 saturated heterocycles. The first-order valence-electron chi connectivity index (χ1n) is 11.6. The molecule has 0 saturated carbocycles. The number of nitrogens with one attached hydrogen (secondary N) is 1. The summed E-state index contributed by atoms with van der Waals surface area (Å²) in [6.45, 7) is 6.29. The number of para-hydroxylation sites is 1. The van der Waals surface area contributed by atoms with Crippen molar-refractivity contribution in [1.82, 2.24) is 14.8 Å². The van der Waals surface area contributed by atoms with E-state index in [2.05, 4.69) is 36.4 Å². The van der Waals surface area contributed by atoms with E-state index in [0.717, 1.165) is 16.9 Å². The summed E-state index contributed by atoms with van der Waals surface area (Å²) in [4.78, 5) is 18.1. The minimum Gasteiger partial charge on any atom is -0.319 e. The molecule has 2 heterocycles. The molecule has 0 radical (unpaired) electrons. The zero-order valence-electron chi connectivity index (χ0n) is 20.1. The lowest BCUT2D eigenvalue weighted by Crippen LogP contribution is -2.14. The molecular formula is C29H24ClFN4O. The standard InChI is InChI=1S/C29H24ClFN4O/c1-17(2)19-8-11-21(12-9-19)35-18(3)24(16-32-35)28-15-23(22-6-4-5-7-26(22)33-28)29(36)34-27-13-10-20(30)14-25(27)31/h4-17H,1-3H3,(H,34,36). The van der Waals surface area contributed by atoms with E-state index in [1.165, 1.54) is 23.8 Å². The van der Waals surface area contributed by atoms with Gasteiger partial charge in [-0.15, -0.1) is 0 Å². The Balaban J connectivity index is 1.56. The number of carbonyl (C=O) groups is 1. The fourth-order valence-corrected chi connectivity index (χ4v) is 4.36. The van der Waals surface area contributed by atoms with Crippen molar-refractivity contribution in [3.05, 3.63) is 107 Å². The predicted octanol–water partition coefficient (Wildman–Crippen LogP) is 7.56. The molecule has 0 aliphatic heterocycles. The Hall–Kier alpha value is -4.03. The first-order valence-corrected chi connectivity index (χ1v) is 12.0. The normalized spacial score (nSPS) is 11.3. The van der Waals surface area contributed by atoms with Crippen LogP contribution >= 0.6 is 11.6 Å². The van der Waals surface area contributed by atoms with Gasteiger partial charge in [0.25, 0.3) is 5.91 Å². The van der Waals surface area contributed by atoms with Crippen molar-refractivity contribution in [3.8, 4) is 16.9 Å². The predicted molar refractivity (Wildman–Crippen MR) is 142 cm³/mol. The van der Waals surface area contributed by atoms with E-state index in [1.54, 1.807) is 12.3 Å². The minimum absolute atomic E-state index is 0.0562. The van der Waals surface area contributed by atoms with Gasteiger partial charge >= 0.3 is 0 Å². The number of rotatable bonds is 5. The van der Waals surface area contributed by atoms with Crippen molar-refractivity contribution in [2.24, 2.45) is 0 Å². The van der Waals surface area contributed by atoms with E-state index in [-0.39, 0.29) is 10.7 Å². The van der Waals surface area contributed by atoms with Crippen LogP contribution in [0.15, 0.2) is 79.0 Å². The average Bonchev–Trinajstić information content (AvgIpc) is 3.26. The largest absolute Gasteiger partial charge is 0.319 e. The highest BCUT2D eigenvalue weighted by Gasteiger charge is 2.18. The lowest BCUT2D eigenvalue weighted by Gasteiger charge is -2.12. The maximum Gasteiger partial charge on any atom is 0.256 e. The van der Waals surface area contributed by atoms with Crippen LogP contribution in [0.3, 0.4) is 0 Å². The Labute approximate surface area is 213 Å². The topological polar surface area (TPSA) is 59.8 Å². The average molecular weight is 499 g/mol. The van der Waals surface area contributed by atoms with Gasteiger partial charge in [-0.05, 0) is 60.9 Å². The molecule has 36 heavy (non-hydrogen) atoms. The first-order chi connectivity index (χ1) is 17.3. The third-order valence-electron chi connectivity index (χ3n) is 6.23. The van der Waals surface area contributed by atoms with E-state index in [1.807, 2.05) is 48.0 Å². The van der Waals surface area contributed by atoms with Gasteiger partial charge in [-0.2, -0.15) is 5.10 Å². The second-order valence-electron chi connectivity index (χ2n) is 8.95. The van der Waals surface area contributed by atoms with Gasteiger partial charge in [0.05, 0.1) is 40.0 Å². The molecule has 7 heteroatoms. The Morgan fingerprint density at radius 3 is 2.50 bits per heavy atom. The van der Waals surface area contributed by atoms with Gasteiger partial charge in [0.2, 0.25) is 0 Å². The van der Waals surface area contributed by atoms with Crippen LogP contribution in [0.1, 0.15) is 41.4 Å². The van der Waals surface area contributed by atoms with Crippen LogP contribution in [0.2, 0.25) is 5.02 Å². The van der Waals surface area contributed by atoms with Gasteiger partial charge in [-0.3, -0.25) is 4.79 Å². The van der Waals surface area contributed by atoms with E-state index >= 15 is 0 Å². The number of aromatic nitrogens is 3. The molecule has 2 aromatic heterocycles. The van der Waals surface area contributed by atoms with Crippen LogP contribution < -0.4 is 5.32 Å². The van der Waals surface area contributed by atoms with Crippen LogP contribution in [-0.4, -0.2) is 20.7 Å². The fraction of sp³-hybridized carbons (Fsp3) is 0.138. The maximum absolute atomic E-state index is 14.3. The summed E-state index contributed by atoms with van der Waals surface area (Å²) in [5.41, 5.74) is 5.61. The van der Waals surface area contributed by atoms with Crippen LogP contribution in [-0.2, 0) is 0 Å². The second kappa shape index (κ2) is 9.55. The lowest BCUT2D eigenvalue weighted by atomic mass is 10.0. The van der Waals surface area contributed by atoms with Crippen LogP contribution in [0.25, 0.3) is 27.8 Å². The summed E-state index contributed by atoms with van der Waals surface area (Å²) >= 11 is 5.85. The molecule has 180 valence electrons. The van der Waals surface area contributed by atoms with Crippen molar-refractivity contribution < 1.29 is 9.18 Å². The molecule has 1 amide bonds. The zero-order valence-corrected chi connectivity index (χ0v) is 20.8. The fourth-order valence-electron chi connectivity index (χ4n) is 4.20. The molecule has 5 aromatic rings. The van der Waals surface area contributed by atoms with Crippen molar-refractivity contribution in [1.29, 1.82) is 0 Å². The van der Waals surface area contributed by atoms with Crippen molar-refractivity contribution >= 4 is 34.1 Å². The number of amides is 1. The number of hydrogen-bond acceptors (Lipinski definition) is 3. The number of pyridine rings is 1. The SMILES string of the molecule is Cc1c(-c2cc(C(=O)Nc3ccc(Cl)cc3F)c3ccccc3n2)cnn1-c1ccc(C(C)C)cc1. The Bertz CT molecular complexity index is 1590. The smallest absolute Gasteiger partial charge is 0.256 e. The number of hydrogen-bond donors (Lipinski definition) is 1. The molecule has 0 aliphatic carbocycles. The van der Waals surface area contributed by atoms with Gasteiger partial charge in [-0.25, -0.2) is 14.1 Å². The van der Waals surface area contributed by atoms with E-state index in [0.29, 0.717) is 28.1 Å². The number of anilines is 1. The zero-order chi connectivity index (χ0) is 25.4. The van der Waals surface area contributed by atoms with Gasteiger partial charge in [0.1, 0.15) is 5.82 Å².